The van der Waals surface area contributed by atoms with Gasteiger partial charge in [-0.05, 0) is 87.2 Å². The smallest absolute Gasteiger partial charge is 0.0965 e. The van der Waals surface area contributed by atoms with Crippen molar-refractivity contribution in [1.82, 2.24) is 9.55 Å². The minimum absolute atomic E-state index is 0.531. The van der Waals surface area contributed by atoms with Crippen molar-refractivity contribution in [2.75, 3.05) is 6.54 Å². The van der Waals surface area contributed by atoms with Gasteiger partial charge in [0.05, 0.1) is 11.0 Å². The van der Waals surface area contributed by atoms with Crippen molar-refractivity contribution >= 4 is 11.0 Å². The van der Waals surface area contributed by atoms with Gasteiger partial charge in [0.2, 0.25) is 0 Å². The van der Waals surface area contributed by atoms with Crippen molar-refractivity contribution in [2.45, 2.75) is 59.3 Å². The van der Waals surface area contributed by atoms with Gasteiger partial charge in [-0.3, -0.25) is 4.98 Å². The summed E-state index contributed by atoms with van der Waals surface area (Å²) in [6.45, 7) is 9.48. The van der Waals surface area contributed by atoms with Crippen LogP contribution >= 0.6 is 0 Å². The topological polar surface area (TPSA) is 43.8 Å². The van der Waals surface area contributed by atoms with Crippen molar-refractivity contribution < 1.29 is 0 Å². The largest absolute Gasteiger partial charge is 0.348 e. The first-order valence-electron chi connectivity index (χ1n) is 10.6. The molecular formula is C25H33N3. The fourth-order valence-electron chi connectivity index (χ4n) is 5.03. The van der Waals surface area contributed by atoms with Crippen LogP contribution in [0, 0.1) is 33.6 Å². The first-order valence-corrected chi connectivity index (χ1v) is 10.6. The second kappa shape index (κ2) is 7.36. The molecule has 0 spiro atoms. The highest BCUT2D eigenvalue weighted by Gasteiger charge is 2.28. The molecule has 0 radical (unpaired) electrons. The molecule has 3 nitrogen and oxygen atoms in total. The van der Waals surface area contributed by atoms with Gasteiger partial charge in [-0.1, -0.05) is 30.5 Å². The summed E-state index contributed by atoms with van der Waals surface area (Å²) in [5.41, 5.74) is 17.6. The highest BCUT2D eigenvalue weighted by atomic mass is 14.9. The van der Waals surface area contributed by atoms with Crippen molar-refractivity contribution in [3.8, 4) is 11.1 Å². The maximum Gasteiger partial charge on any atom is 0.0965 e. The number of aryl methyl sites for hydroxylation is 5. The van der Waals surface area contributed by atoms with Crippen LogP contribution in [0.3, 0.4) is 0 Å². The number of hydrogen-bond acceptors (Lipinski definition) is 2. The molecule has 148 valence electrons. The number of hydrogen-bond donors (Lipinski definition) is 1. The molecule has 1 saturated carbocycles. The summed E-state index contributed by atoms with van der Waals surface area (Å²) in [5.74, 6) is 1.42. The Balaban J connectivity index is 1.93. The van der Waals surface area contributed by atoms with E-state index < -0.39 is 0 Å². The van der Waals surface area contributed by atoms with Crippen molar-refractivity contribution in [1.29, 1.82) is 0 Å². The molecule has 0 amide bonds. The molecule has 3 heteroatoms. The zero-order valence-electron chi connectivity index (χ0n) is 18.0. The van der Waals surface area contributed by atoms with E-state index in [1.165, 1.54) is 58.2 Å². The van der Waals surface area contributed by atoms with E-state index >= 15 is 0 Å². The summed E-state index contributed by atoms with van der Waals surface area (Å²) in [4.78, 5) is 5.02. The molecule has 1 aliphatic rings. The van der Waals surface area contributed by atoms with Crippen LogP contribution in [0.1, 0.15) is 59.5 Å². The molecule has 2 aromatic heterocycles. The van der Waals surface area contributed by atoms with E-state index in [1.54, 1.807) is 0 Å². The summed E-state index contributed by atoms with van der Waals surface area (Å²) in [5, 5.41) is 0. The maximum atomic E-state index is 6.01. The number of nitrogens with two attached hydrogens (primary N) is 1. The molecule has 1 fully saturated rings. The minimum atomic E-state index is 0.531. The molecule has 0 saturated heterocycles. The summed E-state index contributed by atoms with van der Waals surface area (Å²) in [6.07, 6.45) is 7.36. The normalized spacial score (nSPS) is 15.4. The van der Waals surface area contributed by atoms with Gasteiger partial charge in [0.1, 0.15) is 0 Å². The third kappa shape index (κ3) is 3.48. The van der Waals surface area contributed by atoms with Gasteiger partial charge >= 0.3 is 0 Å². The lowest BCUT2D eigenvalue weighted by Gasteiger charge is -2.19. The molecule has 2 N–H and O–H groups in total. The van der Waals surface area contributed by atoms with E-state index in [9.17, 15) is 0 Å². The number of aromatic nitrogens is 2. The monoisotopic (exact) mass is 375 g/mol. The Hall–Kier alpha value is -2.13. The second-order valence-corrected chi connectivity index (χ2v) is 8.93. The van der Waals surface area contributed by atoms with Crippen LogP contribution in [0.25, 0.3) is 22.2 Å². The van der Waals surface area contributed by atoms with E-state index in [2.05, 4.69) is 63.7 Å². The molecule has 2 heterocycles. The van der Waals surface area contributed by atoms with Gasteiger partial charge in [-0.2, -0.15) is 0 Å². The fraction of sp³-hybridized carbons (Fsp3) is 0.480. The molecular weight excluding hydrogens is 342 g/mol. The van der Waals surface area contributed by atoms with E-state index in [4.69, 9.17) is 10.7 Å². The summed E-state index contributed by atoms with van der Waals surface area (Å²) >= 11 is 0. The quantitative estimate of drug-likeness (QED) is 0.600. The Bertz CT molecular complexity index is 1000. The number of fused-ring (bicyclic) bond motifs is 1. The molecule has 0 bridgehead atoms. The van der Waals surface area contributed by atoms with Crippen molar-refractivity contribution in [3.63, 3.8) is 0 Å². The third-order valence-electron chi connectivity index (χ3n) is 6.30. The molecule has 0 aliphatic heterocycles. The summed E-state index contributed by atoms with van der Waals surface area (Å²) in [6, 6.07) is 6.87. The molecule has 1 aromatic carbocycles. The summed E-state index contributed by atoms with van der Waals surface area (Å²) in [7, 11) is 2.17. The number of pyridine rings is 1. The van der Waals surface area contributed by atoms with Gasteiger partial charge in [-0.25, -0.2) is 0 Å². The lowest BCUT2D eigenvalue weighted by Crippen LogP contribution is -2.10. The average Bonchev–Trinajstić information content (AvgIpc) is 3.37. The van der Waals surface area contributed by atoms with Crippen LogP contribution in [0.15, 0.2) is 24.4 Å². The van der Waals surface area contributed by atoms with Crippen LogP contribution in [0.5, 0.6) is 0 Å². The number of nitrogens with zero attached hydrogens (tertiary/aromatic N) is 2. The molecule has 4 rings (SSSR count). The first kappa shape index (κ1) is 19.2. The fourth-order valence-corrected chi connectivity index (χ4v) is 5.03. The van der Waals surface area contributed by atoms with Gasteiger partial charge in [0.25, 0.3) is 0 Å². The maximum absolute atomic E-state index is 6.01. The van der Waals surface area contributed by atoms with Crippen LogP contribution in [-0.2, 0) is 7.05 Å². The van der Waals surface area contributed by atoms with E-state index in [0.29, 0.717) is 5.92 Å². The first-order chi connectivity index (χ1) is 13.4. The van der Waals surface area contributed by atoms with Crippen LogP contribution in [0.2, 0.25) is 0 Å². The molecule has 28 heavy (non-hydrogen) atoms. The van der Waals surface area contributed by atoms with E-state index in [0.717, 1.165) is 30.1 Å². The highest BCUT2D eigenvalue weighted by Crippen LogP contribution is 2.43. The van der Waals surface area contributed by atoms with E-state index in [1.807, 2.05) is 0 Å². The SMILES string of the molecule is Cc1cc(C)c(-c2cn(C)c3c(C(CCN)CC4CC4)cc(C)nc23)c(C)c1. The predicted octanol–water partition coefficient (Wildman–Crippen LogP) is 5.71. The Morgan fingerprint density at radius 2 is 1.79 bits per heavy atom. The molecule has 1 unspecified atom stereocenters. The van der Waals surface area contributed by atoms with Crippen molar-refractivity contribution in [3.05, 3.63) is 52.3 Å². The zero-order valence-corrected chi connectivity index (χ0v) is 18.0. The number of rotatable bonds is 6. The average molecular weight is 376 g/mol. The second-order valence-electron chi connectivity index (χ2n) is 8.93. The Labute approximate surface area is 169 Å². The standard InChI is InChI=1S/C25H33N3/c1-15-10-16(2)23(17(3)11-15)22-14-28(5)25-21(12-18(4)27-24(22)25)20(8-9-26)13-19-6-7-19/h10-12,14,19-20H,6-9,13,26H2,1-5H3. The lowest BCUT2D eigenvalue weighted by atomic mass is 9.88. The minimum Gasteiger partial charge on any atom is -0.348 e. The van der Waals surface area contributed by atoms with Gasteiger partial charge in [-0.15, -0.1) is 0 Å². The van der Waals surface area contributed by atoms with Gasteiger partial charge < -0.3 is 10.3 Å². The van der Waals surface area contributed by atoms with Gasteiger partial charge in [0.15, 0.2) is 0 Å². The molecule has 3 aromatic rings. The van der Waals surface area contributed by atoms with Crippen LogP contribution in [0.4, 0.5) is 0 Å². The Morgan fingerprint density at radius 1 is 1.11 bits per heavy atom. The molecule has 1 atom stereocenters. The molecule has 1 aliphatic carbocycles. The van der Waals surface area contributed by atoms with Crippen LogP contribution in [-0.4, -0.2) is 16.1 Å². The Kier molecular flexibility index (Phi) is 5.05. The lowest BCUT2D eigenvalue weighted by molar-refractivity contribution is 0.547. The zero-order chi connectivity index (χ0) is 20.0. The van der Waals surface area contributed by atoms with Crippen LogP contribution < -0.4 is 5.73 Å². The van der Waals surface area contributed by atoms with Crippen molar-refractivity contribution in [2.24, 2.45) is 18.7 Å². The number of benzene rings is 1. The van der Waals surface area contributed by atoms with E-state index in [-0.39, 0.29) is 0 Å². The predicted molar refractivity (Wildman–Crippen MR) is 119 cm³/mol. The highest BCUT2D eigenvalue weighted by molar-refractivity contribution is 5.96. The summed E-state index contributed by atoms with van der Waals surface area (Å²) < 4.78 is 2.29. The third-order valence-corrected chi connectivity index (χ3v) is 6.30. The van der Waals surface area contributed by atoms with Gasteiger partial charge in [0, 0.05) is 24.5 Å². The Morgan fingerprint density at radius 3 is 2.39 bits per heavy atom.